The first kappa shape index (κ1) is 19.6. The number of carbonyl (C=O) groups excluding carboxylic acids is 1. The van der Waals surface area contributed by atoms with Crippen LogP contribution in [0.4, 0.5) is 0 Å². The normalized spacial score (nSPS) is 13.8. The Morgan fingerprint density at radius 1 is 1.15 bits per heavy atom. The molecule has 0 aromatic heterocycles. The molecule has 0 fully saturated rings. The lowest BCUT2D eigenvalue weighted by Crippen LogP contribution is -2.40. The summed E-state index contributed by atoms with van der Waals surface area (Å²) in [6.07, 6.45) is 6.26. The molecule has 2 N–H and O–H groups in total. The molecule has 118 valence electrons. The third-order valence-electron chi connectivity index (χ3n) is 3.13. The van der Waals surface area contributed by atoms with Gasteiger partial charge >= 0.3 is 5.97 Å². The molecule has 0 aromatic carbocycles. The third-order valence-corrected chi connectivity index (χ3v) is 3.91. The smallest absolute Gasteiger partial charge is 0.326 e. The quantitative estimate of drug-likeness (QED) is 0.330. The van der Waals surface area contributed by atoms with Gasteiger partial charge in [-0.1, -0.05) is 26.2 Å². The van der Waals surface area contributed by atoms with Crippen LogP contribution in [0.2, 0.25) is 0 Å². The summed E-state index contributed by atoms with van der Waals surface area (Å²) in [6.45, 7) is 2.00. The van der Waals surface area contributed by atoms with Crippen LogP contribution in [0, 0.1) is 0 Å². The van der Waals surface area contributed by atoms with Crippen molar-refractivity contribution in [2.45, 2.75) is 69.6 Å². The molecule has 0 heterocycles. The van der Waals surface area contributed by atoms with Crippen LogP contribution in [0.3, 0.4) is 0 Å². The molecule has 0 saturated carbocycles. The molecule has 2 atom stereocenters. The Morgan fingerprint density at radius 3 is 2.40 bits per heavy atom. The first-order chi connectivity index (χ1) is 9.51. The Morgan fingerprint density at radius 2 is 1.85 bits per heavy atom. The zero-order valence-electron chi connectivity index (χ0n) is 12.2. The van der Waals surface area contributed by atoms with Gasteiger partial charge in [0.15, 0.2) is 0 Å². The summed E-state index contributed by atoms with van der Waals surface area (Å²) in [4.78, 5) is 22.7. The van der Waals surface area contributed by atoms with Gasteiger partial charge in [0.2, 0.25) is 5.91 Å². The largest absolute Gasteiger partial charge is 0.480 e. The van der Waals surface area contributed by atoms with E-state index in [0.717, 1.165) is 44.3 Å². The van der Waals surface area contributed by atoms with E-state index in [4.69, 9.17) is 5.11 Å². The summed E-state index contributed by atoms with van der Waals surface area (Å²) in [7, 11) is 0. The molecule has 20 heavy (non-hydrogen) atoms. The van der Waals surface area contributed by atoms with Crippen LogP contribution < -0.4 is 5.32 Å². The number of rotatable bonds is 12. The van der Waals surface area contributed by atoms with Crippen molar-refractivity contribution in [2.75, 3.05) is 5.75 Å². The maximum atomic E-state index is 11.7. The van der Waals surface area contributed by atoms with Gasteiger partial charge < -0.3 is 10.4 Å². The predicted molar refractivity (Wildman–Crippen MR) is 88.8 cm³/mol. The minimum atomic E-state index is -0.948. The molecular formula is C14H27NO3S2. The lowest BCUT2D eigenvalue weighted by Gasteiger charge is -2.14. The highest BCUT2D eigenvalue weighted by atomic mass is 32.1. The lowest BCUT2D eigenvalue weighted by molar-refractivity contribution is -0.142. The van der Waals surface area contributed by atoms with E-state index in [1.165, 1.54) is 0 Å². The number of aliphatic carboxylic acids is 1. The van der Waals surface area contributed by atoms with Crippen LogP contribution in [0.25, 0.3) is 0 Å². The summed E-state index contributed by atoms with van der Waals surface area (Å²) in [5.41, 5.74) is 0. The highest BCUT2D eigenvalue weighted by Gasteiger charge is 2.18. The topological polar surface area (TPSA) is 66.4 Å². The minimum Gasteiger partial charge on any atom is -0.480 e. The number of carboxylic acid groups (broad SMARTS) is 1. The van der Waals surface area contributed by atoms with E-state index in [1.54, 1.807) is 0 Å². The molecular weight excluding hydrogens is 294 g/mol. The lowest BCUT2D eigenvalue weighted by atomic mass is 10.1. The molecule has 0 aliphatic heterocycles. The van der Waals surface area contributed by atoms with Gasteiger partial charge in [-0.3, -0.25) is 4.79 Å². The van der Waals surface area contributed by atoms with Crippen molar-refractivity contribution < 1.29 is 14.7 Å². The molecule has 0 radical (unpaired) electrons. The fourth-order valence-corrected chi connectivity index (χ4v) is 2.72. The highest BCUT2D eigenvalue weighted by Crippen LogP contribution is 2.12. The fourth-order valence-electron chi connectivity index (χ4n) is 1.89. The molecule has 0 bridgehead atoms. The molecule has 0 aromatic rings. The molecule has 0 aliphatic rings. The van der Waals surface area contributed by atoms with E-state index < -0.39 is 12.0 Å². The summed E-state index contributed by atoms with van der Waals surface area (Å²) >= 11 is 8.58. The minimum absolute atomic E-state index is 0.168. The number of carbonyl (C=O) groups is 2. The molecule has 0 aliphatic carbocycles. The monoisotopic (exact) mass is 321 g/mol. The van der Waals surface area contributed by atoms with Gasteiger partial charge in [-0.2, -0.15) is 25.3 Å². The Kier molecular flexibility index (Phi) is 12.2. The average molecular weight is 322 g/mol. The second kappa shape index (κ2) is 12.4. The standard InChI is InChI=1S/C14H27NO3S2/c1-2-3-7-12(14(17)18)15-13(16)8-5-4-6-11(20)9-10-19/h11-12,19-20H,2-10H2,1H3,(H,15,16)(H,17,18)/t11?,12-/m0/s1. The van der Waals surface area contributed by atoms with Crippen molar-refractivity contribution in [3.63, 3.8) is 0 Å². The van der Waals surface area contributed by atoms with Crippen LogP contribution in [0.15, 0.2) is 0 Å². The maximum Gasteiger partial charge on any atom is 0.326 e. The number of nitrogens with one attached hydrogen (secondary N) is 1. The summed E-state index contributed by atoms with van der Waals surface area (Å²) in [5.74, 6) is -0.291. The van der Waals surface area contributed by atoms with Gasteiger partial charge in [-0.25, -0.2) is 4.79 Å². The predicted octanol–water partition coefficient (Wildman–Crippen LogP) is 2.92. The maximum absolute atomic E-state index is 11.7. The van der Waals surface area contributed by atoms with Crippen LogP contribution in [0.5, 0.6) is 0 Å². The number of unbranched alkanes of at least 4 members (excludes halogenated alkanes) is 2. The van der Waals surface area contributed by atoms with Crippen molar-refractivity contribution in [1.82, 2.24) is 5.32 Å². The molecule has 0 saturated heterocycles. The van der Waals surface area contributed by atoms with Crippen molar-refractivity contribution in [1.29, 1.82) is 0 Å². The van der Waals surface area contributed by atoms with Gasteiger partial charge in [-0.15, -0.1) is 0 Å². The van der Waals surface area contributed by atoms with Crippen LogP contribution in [-0.2, 0) is 9.59 Å². The Balaban J connectivity index is 3.82. The van der Waals surface area contributed by atoms with E-state index in [9.17, 15) is 9.59 Å². The van der Waals surface area contributed by atoms with Gasteiger partial charge in [0.05, 0.1) is 0 Å². The first-order valence-corrected chi connectivity index (χ1v) is 8.47. The van der Waals surface area contributed by atoms with Crippen molar-refractivity contribution in [3.05, 3.63) is 0 Å². The molecule has 6 heteroatoms. The van der Waals surface area contributed by atoms with E-state index >= 15 is 0 Å². The number of hydrogen-bond acceptors (Lipinski definition) is 4. The second-order valence-corrected chi connectivity index (χ2v) is 6.19. The van der Waals surface area contributed by atoms with E-state index in [1.807, 2.05) is 6.92 Å². The Bertz CT molecular complexity index is 288. The zero-order valence-corrected chi connectivity index (χ0v) is 14.0. The number of thiol groups is 2. The Hall–Kier alpha value is -0.360. The zero-order chi connectivity index (χ0) is 15.4. The van der Waals surface area contributed by atoms with Crippen LogP contribution >= 0.6 is 25.3 Å². The number of amides is 1. The van der Waals surface area contributed by atoms with E-state index in [2.05, 4.69) is 30.6 Å². The van der Waals surface area contributed by atoms with Crippen LogP contribution in [-0.4, -0.2) is 34.0 Å². The summed E-state index contributed by atoms with van der Waals surface area (Å²) in [6, 6.07) is -0.746. The number of hydrogen-bond donors (Lipinski definition) is 4. The SMILES string of the molecule is CCCC[C@H](NC(=O)CCCCC(S)CCS)C(=O)O. The van der Waals surface area contributed by atoms with Crippen LogP contribution in [0.1, 0.15) is 58.3 Å². The molecule has 1 unspecified atom stereocenters. The average Bonchev–Trinajstić information content (AvgIpc) is 2.39. The Labute approximate surface area is 132 Å². The fraction of sp³-hybridized carbons (Fsp3) is 0.857. The third kappa shape index (κ3) is 10.4. The van der Waals surface area contributed by atoms with Gasteiger partial charge in [0.1, 0.15) is 6.04 Å². The molecule has 1 amide bonds. The van der Waals surface area contributed by atoms with Gasteiger partial charge in [0, 0.05) is 11.7 Å². The van der Waals surface area contributed by atoms with E-state index in [-0.39, 0.29) is 5.91 Å². The van der Waals surface area contributed by atoms with Gasteiger partial charge in [0.25, 0.3) is 0 Å². The molecule has 4 nitrogen and oxygen atoms in total. The van der Waals surface area contributed by atoms with Crippen molar-refractivity contribution in [3.8, 4) is 0 Å². The number of carboxylic acids is 1. The summed E-state index contributed by atoms with van der Waals surface area (Å²) < 4.78 is 0. The molecule has 0 spiro atoms. The van der Waals surface area contributed by atoms with Crippen molar-refractivity contribution in [2.24, 2.45) is 0 Å². The van der Waals surface area contributed by atoms with Gasteiger partial charge in [-0.05, 0) is 31.4 Å². The summed E-state index contributed by atoms with van der Waals surface area (Å²) in [5, 5.41) is 12.0. The van der Waals surface area contributed by atoms with Crippen molar-refractivity contribution >= 4 is 37.1 Å². The second-order valence-electron chi connectivity index (χ2n) is 5.01. The highest BCUT2D eigenvalue weighted by molar-refractivity contribution is 7.81. The molecule has 0 rings (SSSR count). The first-order valence-electron chi connectivity index (χ1n) is 7.32. The van der Waals surface area contributed by atoms with E-state index in [0.29, 0.717) is 18.1 Å².